The van der Waals surface area contributed by atoms with E-state index in [2.05, 4.69) is 15.5 Å². The number of H-pyrrole nitrogens is 1. The molecule has 1 aromatic heterocycles. The van der Waals surface area contributed by atoms with E-state index in [0.29, 0.717) is 17.1 Å². The quantitative estimate of drug-likeness (QED) is 0.622. The first-order chi connectivity index (χ1) is 12.9. The molecule has 0 saturated heterocycles. The van der Waals surface area contributed by atoms with Crippen LogP contribution in [0.25, 0.3) is 11.4 Å². The number of nitrogens with one attached hydrogen (secondary N) is 2. The second-order valence-corrected chi connectivity index (χ2v) is 6.85. The molecule has 0 spiro atoms. The topological polar surface area (TPSA) is 62.7 Å². The van der Waals surface area contributed by atoms with Gasteiger partial charge in [0.05, 0.1) is 6.04 Å². The Labute approximate surface area is 162 Å². The van der Waals surface area contributed by atoms with Gasteiger partial charge in [-0.1, -0.05) is 42.0 Å². The van der Waals surface area contributed by atoms with Crippen molar-refractivity contribution < 1.29 is 9.18 Å². The van der Waals surface area contributed by atoms with Gasteiger partial charge >= 0.3 is 0 Å². The molecule has 5 nitrogen and oxygen atoms in total. The summed E-state index contributed by atoms with van der Waals surface area (Å²) < 4.78 is 15.3. The number of hydrogen-bond donors (Lipinski definition) is 2. The molecule has 0 bridgehead atoms. The largest absolute Gasteiger partial charge is 0.350 e. The highest BCUT2D eigenvalue weighted by molar-refractivity contribution is 7.71. The van der Waals surface area contributed by atoms with Crippen LogP contribution in [0.15, 0.2) is 48.5 Å². The lowest BCUT2D eigenvalue weighted by Crippen LogP contribution is -2.27. The average molecular weight is 384 g/mol. The molecule has 0 saturated carbocycles. The molecular weight excluding hydrogens is 363 g/mol. The van der Waals surface area contributed by atoms with Crippen LogP contribution in [0.1, 0.15) is 30.5 Å². The number of amides is 1. The molecule has 1 heterocycles. The number of carbonyl (C=O) groups excluding carboxylic acids is 1. The van der Waals surface area contributed by atoms with Gasteiger partial charge in [0.15, 0.2) is 10.6 Å². The second-order valence-electron chi connectivity index (χ2n) is 6.46. The Hall–Kier alpha value is -2.80. The maximum Gasteiger partial charge on any atom is 0.222 e. The zero-order valence-electron chi connectivity index (χ0n) is 15.2. The van der Waals surface area contributed by atoms with Gasteiger partial charge in [0.25, 0.3) is 0 Å². The summed E-state index contributed by atoms with van der Waals surface area (Å²) >= 11 is 5.30. The van der Waals surface area contributed by atoms with Crippen LogP contribution in [0.4, 0.5) is 4.39 Å². The van der Waals surface area contributed by atoms with Gasteiger partial charge in [-0.15, -0.1) is 0 Å². The molecule has 0 aliphatic heterocycles. The zero-order chi connectivity index (χ0) is 19.4. The summed E-state index contributed by atoms with van der Waals surface area (Å²) in [5.41, 5.74) is 2.95. The Bertz CT molecular complexity index is 976. The van der Waals surface area contributed by atoms with Crippen molar-refractivity contribution in [3.63, 3.8) is 0 Å². The Morgan fingerprint density at radius 2 is 1.89 bits per heavy atom. The SMILES string of the molecule is Cc1ccc(-c2n[nH]c(=S)n2CCC(=O)N[C@H](C)c2ccc(F)cc2)cc1. The minimum Gasteiger partial charge on any atom is -0.350 e. The molecule has 0 radical (unpaired) electrons. The fourth-order valence-corrected chi connectivity index (χ4v) is 3.03. The molecule has 2 aromatic carbocycles. The van der Waals surface area contributed by atoms with Crippen LogP contribution in [-0.2, 0) is 11.3 Å². The predicted molar refractivity (Wildman–Crippen MR) is 105 cm³/mol. The van der Waals surface area contributed by atoms with E-state index < -0.39 is 0 Å². The van der Waals surface area contributed by atoms with Crippen molar-refractivity contribution in [2.24, 2.45) is 0 Å². The number of rotatable bonds is 6. The molecule has 2 N–H and O–H groups in total. The Morgan fingerprint density at radius 3 is 2.56 bits per heavy atom. The van der Waals surface area contributed by atoms with Crippen LogP contribution in [0.2, 0.25) is 0 Å². The summed E-state index contributed by atoms with van der Waals surface area (Å²) in [4.78, 5) is 12.3. The van der Waals surface area contributed by atoms with Gasteiger partial charge in [-0.05, 0) is 43.8 Å². The van der Waals surface area contributed by atoms with Crippen molar-refractivity contribution in [3.8, 4) is 11.4 Å². The van der Waals surface area contributed by atoms with Gasteiger partial charge < -0.3 is 5.32 Å². The number of carbonyl (C=O) groups is 1. The molecule has 0 unspecified atom stereocenters. The number of aromatic nitrogens is 3. The minimum absolute atomic E-state index is 0.107. The standard InChI is InChI=1S/C20H21FN4OS/c1-13-3-5-16(6-4-13)19-23-24-20(27)25(19)12-11-18(26)22-14(2)15-7-9-17(21)10-8-15/h3-10,14H,11-12H2,1-2H3,(H,22,26)(H,24,27)/t14-/m1/s1. The number of halogens is 1. The Balaban J connectivity index is 1.65. The molecule has 0 fully saturated rings. The van der Waals surface area contributed by atoms with E-state index in [9.17, 15) is 9.18 Å². The van der Waals surface area contributed by atoms with Crippen molar-refractivity contribution in [1.29, 1.82) is 0 Å². The lowest BCUT2D eigenvalue weighted by atomic mass is 10.1. The minimum atomic E-state index is -0.296. The van der Waals surface area contributed by atoms with Crippen molar-refractivity contribution in [3.05, 3.63) is 70.2 Å². The number of aryl methyl sites for hydroxylation is 1. The first-order valence-corrected chi connectivity index (χ1v) is 9.12. The van der Waals surface area contributed by atoms with E-state index in [1.807, 2.05) is 42.7 Å². The lowest BCUT2D eigenvalue weighted by molar-refractivity contribution is -0.121. The fraction of sp³-hybridized carbons (Fsp3) is 0.250. The molecule has 7 heteroatoms. The van der Waals surface area contributed by atoms with Gasteiger partial charge in [-0.3, -0.25) is 14.5 Å². The van der Waals surface area contributed by atoms with Crippen molar-refractivity contribution in [2.75, 3.05) is 0 Å². The third-order valence-electron chi connectivity index (χ3n) is 4.38. The highest BCUT2D eigenvalue weighted by Gasteiger charge is 2.13. The number of hydrogen-bond acceptors (Lipinski definition) is 3. The summed E-state index contributed by atoms with van der Waals surface area (Å²) in [6.45, 7) is 4.31. The average Bonchev–Trinajstić information content (AvgIpc) is 3.01. The highest BCUT2D eigenvalue weighted by Crippen LogP contribution is 2.18. The molecule has 1 atom stereocenters. The van der Waals surface area contributed by atoms with E-state index in [4.69, 9.17) is 12.2 Å². The monoisotopic (exact) mass is 384 g/mol. The Morgan fingerprint density at radius 1 is 1.22 bits per heavy atom. The van der Waals surface area contributed by atoms with Crippen LogP contribution in [0.3, 0.4) is 0 Å². The van der Waals surface area contributed by atoms with E-state index in [-0.39, 0.29) is 24.2 Å². The van der Waals surface area contributed by atoms with Crippen LogP contribution < -0.4 is 5.32 Å². The maximum atomic E-state index is 13.0. The summed E-state index contributed by atoms with van der Waals surface area (Å²) in [7, 11) is 0. The zero-order valence-corrected chi connectivity index (χ0v) is 16.0. The number of aromatic amines is 1. The molecule has 0 aliphatic carbocycles. The van der Waals surface area contributed by atoms with E-state index in [0.717, 1.165) is 16.7 Å². The maximum absolute atomic E-state index is 13.0. The Kier molecular flexibility index (Phi) is 5.81. The number of nitrogens with zero attached hydrogens (tertiary/aromatic N) is 2. The molecule has 140 valence electrons. The van der Waals surface area contributed by atoms with Crippen LogP contribution >= 0.6 is 12.2 Å². The van der Waals surface area contributed by atoms with Gasteiger partial charge in [-0.2, -0.15) is 5.10 Å². The molecular formula is C20H21FN4OS. The molecule has 0 aliphatic rings. The van der Waals surface area contributed by atoms with Crippen molar-refractivity contribution in [2.45, 2.75) is 32.9 Å². The van der Waals surface area contributed by atoms with Gasteiger partial charge in [0.2, 0.25) is 5.91 Å². The summed E-state index contributed by atoms with van der Waals surface area (Å²) in [5, 5.41) is 10.0. The smallest absolute Gasteiger partial charge is 0.222 e. The third-order valence-corrected chi connectivity index (χ3v) is 4.69. The third kappa shape index (κ3) is 4.68. The van der Waals surface area contributed by atoms with E-state index in [1.54, 1.807) is 12.1 Å². The molecule has 1 amide bonds. The first-order valence-electron chi connectivity index (χ1n) is 8.71. The predicted octanol–water partition coefficient (Wildman–Crippen LogP) is 4.32. The van der Waals surface area contributed by atoms with Crippen LogP contribution in [0.5, 0.6) is 0 Å². The summed E-state index contributed by atoms with van der Waals surface area (Å²) in [5.74, 6) is 0.305. The van der Waals surface area contributed by atoms with E-state index >= 15 is 0 Å². The van der Waals surface area contributed by atoms with Gasteiger partial charge in [0.1, 0.15) is 5.82 Å². The molecule has 3 rings (SSSR count). The van der Waals surface area contributed by atoms with E-state index in [1.165, 1.54) is 12.1 Å². The molecule has 27 heavy (non-hydrogen) atoms. The normalized spacial score (nSPS) is 12.0. The van der Waals surface area contributed by atoms with Crippen molar-refractivity contribution >= 4 is 18.1 Å². The molecule has 3 aromatic rings. The number of benzene rings is 2. The highest BCUT2D eigenvalue weighted by atomic mass is 32.1. The summed E-state index contributed by atoms with van der Waals surface area (Å²) in [6, 6.07) is 13.9. The van der Waals surface area contributed by atoms with Gasteiger partial charge in [0, 0.05) is 18.5 Å². The van der Waals surface area contributed by atoms with Crippen LogP contribution in [0, 0.1) is 17.5 Å². The van der Waals surface area contributed by atoms with Crippen LogP contribution in [-0.4, -0.2) is 20.7 Å². The summed E-state index contributed by atoms with van der Waals surface area (Å²) in [6.07, 6.45) is 0.262. The first kappa shape index (κ1) is 19.0. The second kappa shape index (κ2) is 8.26. The van der Waals surface area contributed by atoms with Gasteiger partial charge in [-0.25, -0.2) is 4.39 Å². The fourth-order valence-electron chi connectivity index (χ4n) is 2.81. The van der Waals surface area contributed by atoms with Crippen molar-refractivity contribution in [1.82, 2.24) is 20.1 Å². The lowest BCUT2D eigenvalue weighted by Gasteiger charge is -2.15.